The van der Waals surface area contributed by atoms with Gasteiger partial charge in [0.05, 0.1) is 12.1 Å². The van der Waals surface area contributed by atoms with Crippen LogP contribution in [0.25, 0.3) is 0 Å². The highest BCUT2D eigenvalue weighted by Gasteiger charge is 2.27. The van der Waals surface area contributed by atoms with Gasteiger partial charge in [-0.25, -0.2) is 0 Å². The van der Waals surface area contributed by atoms with Gasteiger partial charge in [0.2, 0.25) is 0 Å². The van der Waals surface area contributed by atoms with E-state index in [1.165, 1.54) is 0 Å². The molecule has 0 saturated heterocycles. The van der Waals surface area contributed by atoms with E-state index < -0.39 is 0 Å². The second-order valence-electron chi connectivity index (χ2n) is 5.09. The van der Waals surface area contributed by atoms with Crippen LogP contribution in [0.4, 0.5) is 0 Å². The molecule has 1 heterocycles. The van der Waals surface area contributed by atoms with Crippen LogP contribution in [0.5, 0.6) is 0 Å². The maximum atomic E-state index is 4.36. The fraction of sp³-hybridized carbons (Fsp3) is 0.900. The third-order valence-electron chi connectivity index (χ3n) is 1.85. The topological polar surface area (TPSA) is 49.1 Å². The van der Waals surface area contributed by atoms with Crippen molar-refractivity contribution >= 4 is 5.84 Å². The van der Waals surface area contributed by atoms with Crippen LogP contribution >= 0.6 is 0 Å². The number of amidine groups is 1. The molecule has 0 aliphatic carbocycles. The van der Waals surface area contributed by atoms with Crippen molar-refractivity contribution < 1.29 is 0 Å². The SMILES string of the molecule is CC(C)(C)N=NC(C)(C)C1=NCCN1. The van der Waals surface area contributed by atoms with Gasteiger partial charge in [0.1, 0.15) is 11.4 Å². The summed E-state index contributed by atoms with van der Waals surface area (Å²) in [5.74, 6) is 0.950. The summed E-state index contributed by atoms with van der Waals surface area (Å²) in [6.07, 6.45) is 0. The number of rotatable bonds is 2. The largest absolute Gasteiger partial charge is 0.370 e. The van der Waals surface area contributed by atoms with E-state index in [1.807, 2.05) is 34.6 Å². The Labute approximate surface area is 85.9 Å². The van der Waals surface area contributed by atoms with Gasteiger partial charge < -0.3 is 5.32 Å². The molecular weight excluding hydrogens is 176 g/mol. The van der Waals surface area contributed by atoms with Crippen LogP contribution in [0, 0.1) is 0 Å². The predicted molar refractivity (Wildman–Crippen MR) is 59.0 cm³/mol. The number of azo groups is 1. The third kappa shape index (κ3) is 3.09. The van der Waals surface area contributed by atoms with Crippen LogP contribution in [0.3, 0.4) is 0 Å². The lowest BCUT2D eigenvalue weighted by atomic mass is 10.1. The molecule has 0 atom stereocenters. The summed E-state index contributed by atoms with van der Waals surface area (Å²) in [5.41, 5.74) is -0.430. The van der Waals surface area contributed by atoms with Crippen molar-refractivity contribution in [1.82, 2.24) is 5.32 Å². The highest BCUT2D eigenvalue weighted by Crippen LogP contribution is 2.17. The van der Waals surface area contributed by atoms with E-state index in [9.17, 15) is 0 Å². The van der Waals surface area contributed by atoms with Crippen molar-refractivity contribution in [2.75, 3.05) is 13.1 Å². The lowest BCUT2D eigenvalue weighted by Crippen LogP contribution is -2.38. The molecule has 0 saturated carbocycles. The van der Waals surface area contributed by atoms with E-state index in [4.69, 9.17) is 0 Å². The van der Waals surface area contributed by atoms with Gasteiger partial charge in [0.15, 0.2) is 0 Å². The first kappa shape index (κ1) is 11.1. The van der Waals surface area contributed by atoms with Crippen molar-refractivity contribution in [3.63, 3.8) is 0 Å². The zero-order valence-corrected chi connectivity index (χ0v) is 9.76. The minimum Gasteiger partial charge on any atom is -0.370 e. The molecule has 0 radical (unpaired) electrons. The maximum Gasteiger partial charge on any atom is 0.132 e. The molecule has 4 heteroatoms. The fourth-order valence-corrected chi connectivity index (χ4v) is 1.13. The molecule has 0 amide bonds. The first-order valence-electron chi connectivity index (χ1n) is 5.04. The van der Waals surface area contributed by atoms with Crippen LogP contribution < -0.4 is 5.32 Å². The first-order valence-corrected chi connectivity index (χ1v) is 5.04. The Morgan fingerprint density at radius 3 is 2.21 bits per heavy atom. The fourth-order valence-electron chi connectivity index (χ4n) is 1.13. The number of nitrogens with zero attached hydrogens (tertiary/aromatic N) is 3. The highest BCUT2D eigenvalue weighted by atomic mass is 15.2. The van der Waals surface area contributed by atoms with Gasteiger partial charge in [0, 0.05) is 6.54 Å². The summed E-state index contributed by atoms with van der Waals surface area (Å²) in [6, 6.07) is 0. The number of aliphatic imine (C=N–C) groups is 1. The molecule has 80 valence electrons. The molecule has 0 aromatic heterocycles. The molecule has 1 rings (SSSR count). The normalized spacial score (nSPS) is 18.5. The monoisotopic (exact) mass is 196 g/mol. The number of nitrogens with one attached hydrogen (secondary N) is 1. The van der Waals surface area contributed by atoms with Crippen molar-refractivity contribution in [2.45, 2.75) is 45.7 Å². The predicted octanol–water partition coefficient (Wildman–Crippen LogP) is 2.02. The van der Waals surface area contributed by atoms with Crippen LogP contribution in [-0.2, 0) is 0 Å². The van der Waals surface area contributed by atoms with Crippen LogP contribution in [0.1, 0.15) is 34.6 Å². The molecule has 1 aliphatic heterocycles. The van der Waals surface area contributed by atoms with Gasteiger partial charge in [0.25, 0.3) is 0 Å². The molecule has 0 bridgehead atoms. The number of hydrogen-bond acceptors (Lipinski definition) is 4. The highest BCUT2D eigenvalue weighted by molar-refractivity contribution is 5.92. The van der Waals surface area contributed by atoms with Crippen molar-refractivity contribution in [3.8, 4) is 0 Å². The molecule has 0 spiro atoms. The average Bonchev–Trinajstić information content (AvgIpc) is 2.52. The minimum atomic E-state index is -0.316. The molecule has 4 nitrogen and oxygen atoms in total. The Bertz CT molecular complexity index is 258. The molecule has 0 fully saturated rings. The average molecular weight is 196 g/mol. The Kier molecular flexibility index (Phi) is 2.92. The van der Waals surface area contributed by atoms with Crippen LogP contribution in [0.15, 0.2) is 15.2 Å². The summed E-state index contributed by atoms with van der Waals surface area (Å²) in [6.45, 7) is 11.9. The van der Waals surface area contributed by atoms with Crippen molar-refractivity contribution in [3.05, 3.63) is 0 Å². The third-order valence-corrected chi connectivity index (χ3v) is 1.85. The van der Waals surface area contributed by atoms with E-state index >= 15 is 0 Å². The molecule has 1 N–H and O–H groups in total. The maximum absolute atomic E-state index is 4.36. The second-order valence-corrected chi connectivity index (χ2v) is 5.09. The molecule has 1 aliphatic rings. The standard InChI is InChI=1S/C10H20N4/c1-9(2,3)13-14-10(4,5)8-11-6-7-12-8/h6-7H2,1-5H3,(H,11,12). The van der Waals surface area contributed by atoms with E-state index in [0.29, 0.717) is 0 Å². The Morgan fingerprint density at radius 1 is 1.14 bits per heavy atom. The summed E-state index contributed by atoms with van der Waals surface area (Å²) >= 11 is 0. The lowest BCUT2D eigenvalue weighted by Gasteiger charge is -2.20. The smallest absolute Gasteiger partial charge is 0.132 e. The van der Waals surface area contributed by atoms with Gasteiger partial charge in [-0.15, -0.1) is 0 Å². The summed E-state index contributed by atoms with van der Waals surface area (Å²) < 4.78 is 0. The van der Waals surface area contributed by atoms with Gasteiger partial charge in [-0.1, -0.05) is 0 Å². The van der Waals surface area contributed by atoms with Gasteiger partial charge in [-0.3, -0.25) is 4.99 Å². The Morgan fingerprint density at radius 2 is 1.79 bits per heavy atom. The molecule has 14 heavy (non-hydrogen) atoms. The molecular formula is C10H20N4. The van der Waals surface area contributed by atoms with Gasteiger partial charge in [-0.05, 0) is 34.6 Å². The minimum absolute atomic E-state index is 0.115. The van der Waals surface area contributed by atoms with E-state index in [0.717, 1.165) is 18.9 Å². The second kappa shape index (κ2) is 3.67. The van der Waals surface area contributed by atoms with Crippen LogP contribution in [-0.4, -0.2) is 30.0 Å². The quantitative estimate of drug-likeness (QED) is 0.675. The molecule has 0 aromatic rings. The first-order chi connectivity index (χ1) is 6.31. The summed E-state index contributed by atoms with van der Waals surface area (Å²) in [4.78, 5) is 4.36. The van der Waals surface area contributed by atoms with Crippen LogP contribution in [0.2, 0.25) is 0 Å². The zero-order valence-electron chi connectivity index (χ0n) is 9.76. The lowest BCUT2D eigenvalue weighted by molar-refractivity contribution is 0.499. The molecule has 0 unspecified atom stereocenters. The van der Waals surface area contributed by atoms with Crippen molar-refractivity contribution in [2.24, 2.45) is 15.2 Å². The van der Waals surface area contributed by atoms with Gasteiger partial charge >= 0.3 is 0 Å². The van der Waals surface area contributed by atoms with E-state index in [2.05, 4.69) is 20.5 Å². The van der Waals surface area contributed by atoms with E-state index in [1.54, 1.807) is 0 Å². The Hall–Kier alpha value is -0.930. The summed E-state index contributed by atoms with van der Waals surface area (Å²) in [7, 11) is 0. The Balaban J connectivity index is 2.70. The van der Waals surface area contributed by atoms with Gasteiger partial charge in [-0.2, -0.15) is 10.2 Å². The van der Waals surface area contributed by atoms with Crippen molar-refractivity contribution in [1.29, 1.82) is 0 Å². The number of hydrogen-bond donors (Lipinski definition) is 1. The zero-order chi connectivity index (χ0) is 10.8. The van der Waals surface area contributed by atoms with E-state index in [-0.39, 0.29) is 11.1 Å². The molecule has 0 aromatic carbocycles. The summed E-state index contributed by atoms with van der Waals surface area (Å²) in [5, 5.41) is 11.8.